The molecule has 0 radical (unpaired) electrons. The van der Waals surface area contributed by atoms with E-state index in [1.165, 1.54) is 0 Å². The summed E-state index contributed by atoms with van der Waals surface area (Å²) in [5.74, 6) is -0.168. The van der Waals surface area contributed by atoms with E-state index in [9.17, 15) is 4.79 Å². The van der Waals surface area contributed by atoms with Gasteiger partial charge in [0.1, 0.15) is 5.69 Å². The van der Waals surface area contributed by atoms with Gasteiger partial charge in [0, 0.05) is 38.2 Å². The maximum atomic E-state index is 12.2. The molecule has 1 aliphatic rings. The molecule has 0 unspecified atom stereocenters. The molecule has 2 aromatic rings. The van der Waals surface area contributed by atoms with Gasteiger partial charge in [-0.25, -0.2) is 0 Å². The number of hydrogen-bond donors (Lipinski definition) is 2. The van der Waals surface area contributed by atoms with Crippen LogP contribution < -0.4 is 5.32 Å². The number of hydrogen-bond acceptors (Lipinski definition) is 4. The van der Waals surface area contributed by atoms with Crippen molar-refractivity contribution in [1.29, 1.82) is 0 Å². The molecule has 3 heterocycles. The SMILES string of the molecule is O=C(NC[C@H](c1cccnc1)N1CCOCC1)c1cc(Cl)c[nH]1. The van der Waals surface area contributed by atoms with Crippen LogP contribution in [0.3, 0.4) is 0 Å². The number of amides is 1. The molecular weight excluding hydrogens is 316 g/mol. The van der Waals surface area contributed by atoms with Gasteiger partial charge in [-0.05, 0) is 17.7 Å². The van der Waals surface area contributed by atoms with Crippen molar-refractivity contribution < 1.29 is 9.53 Å². The molecule has 1 aliphatic heterocycles. The molecule has 6 nitrogen and oxygen atoms in total. The zero-order valence-electron chi connectivity index (χ0n) is 12.7. The Kier molecular flexibility index (Phi) is 5.27. The van der Waals surface area contributed by atoms with Crippen molar-refractivity contribution in [1.82, 2.24) is 20.2 Å². The van der Waals surface area contributed by atoms with Crippen LogP contribution in [0.1, 0.15) is 22.1 Å². The van der Waals surface area contributed by atoms with Gasteiger partial charge in [0.2, 0.25) is 0 Å². The second kappa shape index (κ2) is 7.59. The van der Waals surface area contributed by atoms with Crippen molar-refractivity contribution in [3.63, 3.8) is 0 Å². The van der Waals surface area contributed by atoms with E-state index in [4.69, 9.17) is 16.3 Å². The topological polar surface area (TPSA) is 70.2 Å². The fourth-order valence-electron chi connectivity index (χ4n) is 2.70. The molecule has 0 aliphatic carbocycles. The van der Waals surface area contributed by atoms with Crippen LogP contribution in [-0.2, 0) is 4.74 Å². The van der Waals surface area contributed by atoms with Crippen LogP contribution in [-0.4, -0.2) is 53.6 Å². The van der Waals surface area contributed by atoms with Crippen molar-refractivity contribution in [3.8, 4) is 0 Å². The number of aromatic amines is 1. The average Bonchev–Trinajstić information content (AvgIpc) is 3.03. The summed E-state index contributed by atoms with van der Waals surface area (Å²) in [5.41, 5.74) is 1.54. The van der Waals surface area contributed by atoms with Gasteiger partial charge in [-0.15, -0.1) is 0 Å². The molecule has 0 spiro atoms. The Labute approximate surface area is 139 Å². The van der Waals surface area contributed by atoms with Crippen LogP contribution in [0.15, 0.2) is 36.8 Å². The molecule has 2 aromatic heterocycles. The standard InChI is InChI=1S/C16H19ClN4O2/c17-13-8-14(19-10-13)16(22)20-11-15(12-2-1-3-18-9-12)21-4-6-23-7-5-21/h1-3,8-10,15,19H,4-7,11H2,(H,20,22)/t15-/m1/s1. The molecule has 0 saturated carbocycles. The fourth-order valence-corrected chi connectivity index (χ4v) is 2.87. The van der Waals surface area contributed by atoms with E-state index in [0.29, 0.717) is 30.5 Å². The number of H-pyrrole nitrogens is 1. The van der Waals surface area contributed by atoms with Crippen molar-refractivity contribution in [2.24, 2.45) is 0 Å². The Hall–Kier alpha value is -1.89. The Morgan fingerprint density at radius 1 is 1.48 bits per heavy atom. The molecule has 2 N–H and O–H groups in total. The maximum absolute atomic E-state index is 12.2. The first kappa shape index (κ1) is 16.0. The number of nitrogens with zero attached hydrogens (tertiary/aromatic N) is 2. The van der Waals surface area contributed by atoms with E-state index >= 15 is 0 Å². The van der Waals surface area contributed by atoms with E-state index in [1.54, 1.807) is 18.5 Å². The molecule has 1 amide bonds. The van der Waals surface area contributed by atoms with Crippen LogP contribution in [0, 0.1) is 0 Å². The Morgan fingerprint density at radius 2 is 2.30 bits per heavy atom. The highest BCUT2D eigenvalue weighted by Gasteiger charge is 2.23. The monoisotopic (exact) mass is 334 g/mol. The lowest BCUT2D eigenvalue weighted by atomic mass is 10.1. The number of ether oxygens (including phenoxy) is 1. The minimum absolute atomic E-state index is 0.0713. The third-order valence-corrected chi connectivity index (χ3v) is 4.12. The first-order chi connectivity index (χ1) is 11.2. The number of halogens is 1. The highest BCUT2D eigenvalue weighted by molar-refractivity contribution is 6.30. The highest BCUT2D eigenvalue weighted by atomic mass is 35.5. The molecule has 0 bridgehead atoms. The lowest BCUT2D eigenvalue weighted by molar-refractivity contribution is 0.0161. The normalized spacial score (nSPS) is 16.9. The fraction of sp³-hybridized carbons (Fsp3) is 0.375. The van der Waals surface area contributed by atoms with Crippen molar-refractivity contribution >= 4 is 17.5 Å². The van der Waals surface area contributed by atoms with E-state index in [0.717, 1.165) is 18.7 Å². The van der Waals surface area contributed by atoms with E-state index in [2.05, 4.69) is 20.2 Å². The zero-order valence-corrected chi connectivity index (χ0v) is 13.4. The molecule has 1 atom stereocenters. The van der Waals surface area contributed by atoms with Gasteiger partial charge in [-0.1, -0.05) is 17.7 Å². The number of morpholine rings is 1. The van der Waals surface area contributed by atoms with Crippen LogP contribution >= 0.6 is 11.6 Å². The van der Waals surface area contributed by atoms with Crippen LogP contribution in [0.2, 0.25) is 5.02 Å². The Morgan fingerprint density at radius 3 is 2.96 bits per heavy atom. The lowest BCUT2D eigenvalue weighted by Crippen LogP contribution is -2.43. The van der Waals surface area contributed by atoms with Crippen LogP contribution in [0.5, 0.6) is 0 Å². The Balaban J connectivity index is 1.69. The molecule has 1 fully saturated rings. The van der Waals surface area contributed by atoms with Gasteiger partial charge >= 0.3 is 0 Å². The Bertz CT molecular complexity index is 641. The summed E-state index contributed by atoms with van der Waals surface area (Å²) >= 11 is 5.84. The number of carbonyl (C=O) groups is 1. The predicted octanol–water partition coefficient (Wildman–Crippen LogP) is 1.87. The predicted molar refractivity (Wildman–Crippen MR) is 87.5 cm³/mol. The third kappa shape index (κ3) is 4.10. The molecule has 1 saturated heterocycles. The molecule has 3 rings (SSSR count). The number of rotatable bonds is 5. The van der Waals surface area contributed by atoms with Gasteiger partial charge in [0.15, 0.2) is 0 Å². The van der Waals surface area contributed by atoms with E-state index in [1.807, 2.05) is 18.3 Å². The number of aromatic nitrogens is 2. The van der Waals surface area contributed by atoms with Crippen molar-refractivity contribution in [2.75, 3.05) is 32.8 Å². The summed E-state index contributed by atoms with van der Waals surface area (Å²) in [7, 11) is 0. The van der Waals surface area contributed by atoms with Gasteiger partial charge in [0.05, 0.1) is 24.3 Å². The largest absolute Gasteiger partial charge is 0.379 e. The van der Waals surface area contributed by atoms with E-state index < -0.39 is 0 Å². The smallest absolute Gasteiger partial charge is 0.267 e. The average molecular weight is 335 g/mol. The number of pyridine rings is 1. The summed E-state index contributed by atoms with van der Waals surface area (Å²) in [4.78, 5) is 21.6. The molecule has 7 heteroatoms. The highest BCUT2D eigenvalue weighted by Crippen LogP contribution is 2.20. The molecule has 0 aromatic carbocycles. The summed E-state index contributed by atoms with van der Waals surface area (Å²) < 4.78 is 5.42. The van der Waals surface area contributed by atoms with Crippen molar-refractivity contribution in [3.05, 3.63) is 53.1 Å². The van der Waals surface area contributed by atoms with Gasteiger partial charge in [0.25, 0.3) is 5.91 Å². The summed E-state index contributed by atoms with van der Waals surface area (Å²) in [6, 6.07) is 5.63. The first-order valence-corrected chi connectivity index (χ1v) is 7.95. The van der Waals surface area contributed by atoms with E-state index in [-0.39, 0.29) is 11.9 Å². The zero-order chi connectivity index (χ0) is 16.1. The lowest BCUT2D eigenvalue weighted by Gasteiger charge is -2.34. The number of carbonyl (C=O) groups excluding carboxylic acids is 1. The second-order valence-electron chi connectivity index (χ2n) is 5.39. The summed E-state index contributed by atoms with van der Waals surface area (Å²) in [5, 5.41) is 3.49. The van der Waals surface area contributed by atoms with Crippen LogP contribution in [0.25, 0.3) is 0 Å². The van der Waals surface area contributed by atoms with Gasteiger partial charge in [-0.2, -0.15) is 0 Å². The molecule has 23 heavy (non-hydrogen) atoms. The summed E-state index contributed by atoms with van der Waals surface area (Å²) in [6.07, 6.45) is 5.19. The quantitative estimate of drug-likeness (QED) is 0.875. The summed E-state index contributed by atoms with van der Waals surface area (Å²) in [6.45, 7) is 3.59. The third-order valence-electron chi connectivity index (χ3n) is 3.90. The first-order valence-electron chi connectivity index (χ1n) is 7.58. The van der Waals surface area contributed by atoms with Gasteiger partial charge in [-0.3, -0.25) is 14.7 Å². The van der Waals surface area contributed by atoms with Crippen LogP contribution in [0.4, 0.5) is 0 Å². The second-order valence-corrected chi connectivity index (χ2v) is 5.83. The molecular formula is C16H19ClN4O2. The van der Waals surface area contributed by atoms with Crippen molar-refractivity contribution in [2.45, 2.75) is 6.04 Å². The minimum Gasteiger partial charge on any atom is -0.379 e. The minimum atomic E-state index is -0.168. The maximum Gasteiger partial charge on any atom is 0.267 e. The van der Waals surface area contributed by atoms with Gasteiger partial charge < -0.3 is 15.0 Å². The molecule has 122 valence electrons. The number of nitrogens with one attached hydrogen (secondary N) is 2.